The predicted molar refractivity (Wildman–Crippen MR) is 80.8 cm³/mol. The zero-order valence-electron chi connectivity index (χ0n) is 12.2. The van der Waals surface area contributed by atoms with Gasteiger partial charge in [0, 0.05) is 0 Å². The maximum Gasteiger partial charge on any atom is 0.120 e. The Hall–Kier alpha value is -2.27. The van der Waals surface area contributed by atoms with Crippen LogP contribution in [0, 0.1) is 18.3 Å². The van der Waals surface area contributed by atoms with Gasteiger partial charge < -0.3 is 4.74 Å². The van der Waals surface area contributed by atoms with E-state index in [2.05, 4.69) is 39.0 Å². The van der Waals surface area contributed by atoms with E-state index in [0.717, 1.165) is 11.3 Å². The Morgan fingerprint density at radius 1 is 1.10 bits per heavy atom. The molecule has 20 heavy (non-hydrogen) atoms. The van der Waals surface area contributed by atoms with Crippen LogP contribution in [-0.4, -0.2) is 0 Å². The molecule has 2 aromatic carbocycles. The van der Waals surface area contributed by atoms with Gasteiger partial charge in [-0.05, 0) is 53.8 Å². The van der Waals surface area contributed by atoms with Gasteiger partial charge >= 0.3 is 0 Å². The lowest BCUT2D eigenvalue weighted by Gasteiger charge is -2.12. The fraction of sp³-hybridized carbons (Fsp3) is 0.278. The average molecular weight is 265 g/mol. The first-order valence-electron chi connectivity index (χ1n) is 6.82. The van der Waals surface area contributed by atoms with Crippen LogP contribution >= 0.6 is 0 Å². The topological polar surface area (TPSA) is 33.0 Å². The van der Waals surface area contributed by atoms with Gasteiger partial charge in [-0.15, -0.1) is 0 Å². The fourth-order valence-electron chi connectivity index (χ4n) is 2.23. The molecular weight excluding hydrogens is 246 g/mol. The molecule has 0 heterocycles. The van der Waals surface area contributed by atoms with E-state index >= 15 is 0 Å². The van der Waals surface area contributed by atoms with E-state index in [9.17, 15) is 0 Å². The van der Waals surface area contributed by atoms with Crippen LogP contribution < -0.4 is 4.74 Å². The quantitative estimate of drug-likeness (QED) is 0.811. The highest BCUT2D eigenvalue weighted by Gasteiger charge is 2.05. The molecule has 0 aliphatic heterocycles. The van der Waals surface area contributed by atoms with Crippen LogP contribution in [0.15, 0.2) is 42.5 Å². The van der Waals surface area contributed by atoms with Gasteiger partial charge in [0.1, 0.15) is 12.4 Å². The van der Waals surface area contributed by atoms with Gasteiger partial charge in [-0.25, -0.2) is 0 Å². The molecule has 2 heteroatoms. The van der Waals surface area contributed by atoms with Gasteiger partial charge in [-0.3, -0.25) is 0 Å². The molecule has 102 valence electrons. The summed E-state index contributed by atoms with van der Waals surface area (Å²) in [4.78, 5) is 0. The lowest BCUT2D eigenvalue weighted by molar-refractivity contribution is 0.306. The summed E-state index contributed by atoms with van der Waals surface area (Å²) >= 11 is 0. The minimum Gasteiger partial charge on any atom is -0.489 e. The number of hydrogen-bond acceptors (Lipinski definition) is 2. The SMILES string of the molecule is Cc1cc(OCc2ccc(C#N)cc2)ccc1C(C)C. The van der Waals surface area contributed by atoms with Crippen molar-refractivity contribution in [2.45, 2.75) is 33.3 Å². The molecule has 0 radical (unpaired) electrons. The molecular formula is C18H19NO. The Kier molecular flexibility index (Phi) is 4.42. The number of rotatable bonds is 4. The molecule has 2 nitrogen and oxygen atoms in total. The minimum atomic E-state index is 0.520. The van der Waals surface area contributed by atoms with E-state index in [1.54, 1.807) is 0 Å². The third kappa shape index (κ3) is 3.39. The van der Waals surface area contributed by atoms with Crippen molar-refractivity contribution in [2.24, 2.45) is 0 Å². The summed E-state index contributed by atoms with van der Waals surface area (Å²) in [6, 6.07) is 15.8. The number of aryl methyl sites for hydroxylation is 1. The first kappa shape index (κ1) is 14.1. The Morgan fingerprint density at radius 3 is 2.35 bits per heavy atom. The van der Waals surface area contributed by atoms with Crippen molar-refractivity contribution in [3.63, 3.8) is 0 Å². The van der Waals surface area contributed by atoms with Gasteiger partial charge in [-0.2, -0.15) is 5.26 Å². The predicted octanol–water partition coefficient (Wildman–Crippen LogP) is 4.57. The van der Waals surface area contributed by atoms with Crippen LogP contribution in [0.2, 0.25) is 0 Å². The van der Waals surface area contributed by atoms with E-state index < -0.39 is 0 Å². The molecule has 0 bridgehead atoms. The van der Waals surface area contributed by atoms with Crippen LogP contribution in [0.4, 0.5) is 0 Å². The smallest absolute Gasteiger partial charge is 0.120 e. The average Bonchev–Trinajstić information content (AvgIpc) is 2.45. The Bertz CT molecular complexity index is 621. The van der Waals surface area contributed by atoms with Crippen LogP contribution in [0.3, 0.4) is 0 Å². The Labute approximate surface area is 120 Å². The molecule has 2 rings (SSSR count). The molecule has 2 aromatic rings. The normalized spacial score (nSPS) is 10.3. The van der Waals surface area contributed by atoms with Crippen molar-refractivity contribution in [3.05, 3.63) is 64.7 Å². The summed E-state index contributed by atoms with van der Waals surface area (Å²) in [7, 11) is 0. The van der Waals surface area contributed by atoms with Gasteiger partial charge in [0.15, 0.2) is 0 Å². The maximum atomic E-state index is 8.76. The molecule has 0 saturated carbocycles. The molecule has 0 fully saturated rings. The monoisotopic (exact) mass is 265 g/mol. The van der Waals surface area contributed by atoms with Crippen LogP contribution in [0.5, 0.6) is 5.75 Å². The molecule has 0 N–H and O–H groups in total. The van der Waals surface area contributed by atoms with Crippen LogP contribution in [0.1, 0.15) is 42.0 Å². The van der Waals surface area contributed by atoms with E-state index in [0.29, 0.717) is 18.1 Å². The lowest BCUT2D eigenvalue weighted by atomic mass is 9.98. The second-order valence-corrected chi connectivity index (χ2v) is 5.27. The Balaban J connectivity index is 2.03. The summed E-state index contributed by atoms with van der Waals surface area (Å²) in [5.41, 5.74) is 4.36. The number of nitriles is 1. The van der Waals surface area contributed by atoms with Crippen molar-refractivity contribution < 1.29 is 4.74 Å². The van der Waals surface area contributed by atoms with E-state index in [-0.39, 0.29) is 0 Å². The largest absolute Gasteiger partial charge is 0.489 e. The third-order valence-electron chi connectivity index (χ3n) is 3.35. The summed E-state index contributed by atoms with van der Waals surface area (Å²) in [6.45, 7) is 7.02. The van der Waals surface area contributed by atoms with E-state index in [1.807, 2.05) is 30.3 Å². The molecule has 0 saturated heterocycles. The second kappa shape index (κ2) is 6.25. The zero-order chi connectivity index (χ0) is 14.5. The van der Waals surface area contributed by atoms with Crippen molar-refractivity contribution >= 4 is 0 Å². The number of ether oxygens (including phenoxy) is 1. The van der Waals surface area contributed by atoms with Gasteiger partial charge in [0.2, 0.25) is 0 Å². The minimum absolute atomic E-state index is 0.520. The highest BCUT2D eigenvalue weighted by molar-refractivity contribution is 5.37. The van der Waals surface area contributed by atoms with Crippen molar-refractivity contribution in [1.82, 2.24) is 0 Å². The summed E-state index contributed by atoms with van der Waals surface area (Å²) in [5, 5.41) is 8.76. The highest BCUT2D eigenvalue weighted by Crippen LogP contribution is 2.24. The number of nitrogens with zero attached hydrogens (tertiary/aromatic N) is 1. The maximum absolute atomic E-state index is 8.76. The second-order valence-electron chi connectivity index (χ2n) is 5.27. The van der Waals surface area contributed by atoms with Crippen molar-refractivity contribution in [3.8, 4) is 11.8 Å². The fourth-order valence-corrected chi connectivity index (χ4v) is 2.23. The van der Waals surface area contributed by atoms with Gasteiger partial charge in [-0.1, -0.05) is 32.0 Å². The number of benzene rings is 2. The van der Waals surface area contributed by atoms with E-state index in [1.165, 1.54) is 11.1 Å². The highest BCUT2D eigenvalue weighted by atomic mass is 16.5. The van der Waals surface area contributed by atoms with Gasteiger partial charge in [0.25, 0.3) is 0 Å². The summed E-state index contributed by atoms with van der Waals surface area (Å²) in [5.74, 6) is 1.42. The molecule has 0 aliphatic rings. The summed E-state index contributed by atoms with van der Waals surface area (Å²) < 4.78 is 5.80. The van der Waals surface area contributed by atoms with Crippen LogP contribution in [-0.2, 0) is 6.61 Å². The molecule has 0 atom stereocenters. The first-order chi connectivity index (χ1) is 9.60. The first-order valence-corrected chi connectivity index (χ1v) is 6.82. The molecule has 0 unspecified atom stereocenters. The lowest BCUT2D eigenvalue weighted by Crippen LogP contribution is -1.97. The van der Waals surface area contributed by atoms with Crippen molar-refractivity contribution in [2.75, 3.05) is 0 Å². The molecule has 0 aromatic heterocycles. The standard InChI is InChI=1S/C18H19NO/c1-13(2)18-9-8-17(10-14(18)3)20-12-16-6-4-15(11-19)5-7-16/h4-10,13H,12H2,1-3H3. The number of hydrogen-bond donors (Lipinski definition) is 0. The molecule has 0 amide bonds. The Morgan fingerprint density at radius 2 is 1.80 bits per heavy atom. The molecule has 0 aliphatic carbocycles. The van der Waals surface area contributed by atoms with E-state index in [4.69, 9.17) is 10.00 Å². The van der Waals surface area contributed by atoms with Crippen LogP contribution in [0.25, 0.3) is 0 Å². The van der Waals surface area contributed by atoms with Crippen molar-refractivity contribution in [1.29, 1.82) is 5.26 Å². The molecule has 0 spiro atoms. The summed E-state index contributed by atoms with van der Waals surface area (Å²) in [6.07, 6.45) is 0. The third-order valence-corrected chi connectivity index (χ3v) is 3.35. The zero-order valence-corrected chi connectivity index (χ0v) is 12.2. The van der Waals surface area contributed by atoms with Gasteiger partial charge in [0.05, 0.1) is 11.6 Å².